The summed E-state index contributed by atoms with van der Waals surface area (Å²) in [6, 6.07) is 14.7. The Balaban J connectivity index is 0.896. The summed E-state index contributed by atoms with van der Waals surface area (Å²) in [5.41, 5.74) is 4.78. The van der Waals surface area contributed by atoms with Crippen LogP contribution in [0.3, 0.4) is 0 Å². The van der Waals surface area contributed by atoms with Gasteiger partial charge in [-0.3, -0.25) is 14.4 Å². The van der Waals surface area contributed by atoms with Crippen LogP contribution in [0.25, 0.3) is 44.5 Å². The molecule has 15 heteroatoms. The second-order valence-corrected chi connectivity index (χ2v) is 19.7. The van der Waals surface area contributed by atoms with Crippen molar-refractivity contribution in [3.63, 3.8) is 0 Å². The van der Waals surface area contributed by atoms with Gasteiger partial charge in [-0.2, -0.15) is 8.78 Å². The van der Waals surface area contributed by atoms with Crippen molar-refractivity contribution in [3.8, 4) is 33.5 Å². The number of piperidine rings is 1. The largest absolute Gasteiger partial charge is 0.469 e. The molecule has 10 rings (SSSR count). The molecule has 2 saturated heterocycles. The molecule has 5 aromatic rings. The number of nitrogens with one attached hydrogen (secondary N) is 3. The number of alkyl halides is 2. The summed E-state index contributed by atoms with van der Waals surface area (Å²) >= 11 is 0. The van der Waals surface area contributed by atoms with Crippen LogP contribution in [-0.4, -0.2) is 86.5 Å². The number of aromatic nitrogens is 4. The normalized spacial score (nSPS) is 23.0. The SMILES string of the molecule is COC(=O)C[C@H](C(=O)N1CC2(CC2)C[C@H]1c1ncc(-c2ccc3c(c2)C(F)(F)c2cc(-c4ccc5nc([C@@H]6[C@H]7CC[C@H](C7)N6C(=O)[C@@H](NC(=O)OC)C(C)C)[nH]c5c4)ccc2-3)[nH]1)C(C)C. The molecule has 3 amide bonds. The number of ether oxygens (including phenoxy) is 2. The quantitative estimate of drug-likeness (QED) is 0.111. The number of nitrogens with zero attached hydrogens (tertiary/aromatic N) is 4. The number of carbonyl (C=O) groups excluding carboxylic acids is 4. The third-order valence-corrected chi connectivity index (χ3v) is 15.1. The Morgan fingerprint density at radius 1 is 0.846 bits per heavy atom. The number of likely N-dealkylation sites (tertiary alicyclic amines) is 2. The number of hydrogen-bond acceptors (Lipinski definition) is 8. The number of hydrogen-bond donors (Lipinski definition) is 3. The van der Waals surface area contributed by atoms with Gasteiger partial charge in [0, 0.05) is 29.3 Å². The van der Waals surface area contributed by atoms with Gasteiger partial charge in [-0.15, -0.1) is 0 Å². The molecular weight excluding hydrogens is 833 g/mol. The van der Waals surface area contributed by atoms with Crippen molar-refractivity contribution in [2.75, 3.05) is 20.8 Å². The molecule has 3 aromatic carbocycles. The topological polar surface area (TPSA) is 163 Å². The molecule has 4 fully saturated rings. The van der Waals surface area contributed by atoms with Crippen LogP contribution in [0.1, 0.15) is 108 Å². The molecule has 2 saturated carbocycles. The fraction of sp³-hybridized carbons (Fsp3) is 0.480. The van der Waals surface area contributed by atoms with E-state index in [0.717, 1.165) is 49.6 Å². The van der Waals surface area contributed by atoms with Crippen molar-refractivity contribution < 1.29 is 37.4 Å². The van der Waals surface area contributed by atoms with Gasteiger partial charge in [0.1, 0.15) is 17.7 Å². The highest BCUT2D eigenvalue weighted by Crippen LogP contribution is 2.59. The fourth-order valence-electron chi connectivity index (χ4n) is 11.2. The van der Waals surface area contributed by atoms with Gasteiger partial charge in [0.05, 0.1) is 61.6 Å². The van der Waals surface area contributed by atoms with Gasteiger partial charge >= 0.3 is 12.1 Å². The molecule has 0 radical (unpaired) electrons. The molecule has 3 aliphatic carbocycles. The Morgan fingerprint density at radius 3 is 2.22 bits per heavy atom. The standard InChI is InChI=1S/C50H55F2N7O6/c1-25(2)34(21-41(60)64-5)46(61)58-24-49(15-16-49)22-40(58)44-53-23-39(56-44)29-9-13-33-32-12-8-27(18-35(32)50(51,52)36(33)19-29)28-10-14-37-38(20-28)55-45(54-37)43-30-7-11-31(17-30)59(43)47(62)42(26(3)4)57-48(63)65-6/h8-10,12-14,18-20,23,25-26,30-31,34,40,42-43H,7,11,15-17,21-22,24H2,1-6H3,(H,53,56)(H,54,55)(H,57,63)/t30-,31+,34-,40-,42-,43-/m0/s1. The summed E-state index contributed by atoms with van der Waals surface area (Å²) in [6.07, 6.45) is 6.52. The fourth-order valence-corrected chi connectivity index (χ4v) is 11.2. The summed E-state index contributed by atoms with van der Waals surface area (Å²) in [5, 5.41) is 2.73. The van der Waals surface area contributed by atoms with Crippen molar-refractivity contribution in [1.82, 2.24) is 35.1 Å². The number of imidazole rings is 2. The lowest BCUT2D eigenvalue weighted by molar-refractivity contribution is -0.148. The first kappa shape index (κ1) is 42.8. The second-order valence-electron chi connectivity index (χ2n) is 19.7. The van der Waals surface area contributed by atoms with E-state index in [-0.39, 0.29) is 70.7 Å². The molecule has 13 nitrogen and oxygen atoms in total. The van der Waals surface area contributed by atoms with Gasteiger partial charge in [0.25, 0.3) is 5.92 Å². The first-order valence-electron chi connectivity index (χ1n) is 22.9. The van der Waals surface area contributed by atoms with E-state index in [0.29, 0.717) is 51.7 Å². The van der Waals surface area contributed by atoms with Crippen molar-refractivity contribution in [3.05, 3.63) is 83.6 Å². The molecule has 5 aliphatic rings. The lowest BCUT2D eigenvalue weighted by Gasteiger charge is -2.37. The van der Waals surface area contributed by atoms with Gasteiger partial charge in [-0.05, 0) is 108 Å². The number of alkyl carbamates (subject to hydrolysis) is 1. The maximum atomic E-state index is 16.7. The van der Waals surface area contributed by atoms with E-state index in [9.17, 15) is 19.2 Å². The van der Waals surface area contributed by atoms with Crippen LogP contribution in [0.2, 0.25) is 0 Å². The first-order valence-corrected chi connectivity index (χ1v) is 22.9. The summed E-state index contributed by atoms with van der Waals surface area (Å²) in [5.74, 6) is -3.22. The number of fused-ring (bicyclic) bond motifs is 6. The zero-order chi connectivity index (χ0) is 45.7. The number of esters is 1. The van der Waals surface area contributed by atoms with E-state index in [1.54, 1.807) is 24.4 Å². The van der Waals surface area contributed by atoms with Crippen molar-refractivity contribution in [1.29, 1.82) is 0 Å². The Labute approximate surface area is 376 Å². The minimum Gasteiger partial charge on any atom is -0.469 e. The minimum atomic E-state index is -3.28. The van der Waals surface area contributed by atoms with Gasteiger partial charge in [-0.25, -0.2) is 14.8 Å². The molecule has 6 atom stereocenters. The summed E-state index contributed by atoms with van der Waals surface area (Å²) in [6.45, 7) is 8.25. The zero-order valence-electron chi connectivity index (χ0n) is 37.5. The number of rotatable bonds is 11. The number of carbonyl (C=O) groups is 4. The van der Waals surface area contributed by atoms with Crippen LogP contribution in [0.4, 0.5) is 13.6 Å². The van der Waals surface area contributed by atoms with E-state index >= 15 is 8.78 Å². The van der Waals surface area contributed by atoms with E-state index in [1.807, 2.05) is 67.8 Å². The van der Waals surface area contributed by atoms with E-state index < -0.39 is 29.9 Å². The Hall–Kier alpha value is -6.12. The van der Waals surface area contributed by atoms with E-state index in [1.165, 1.54) is 20.3 Å². The third kappa shape index (κ3) is 7.25. The molecule has 340 valence electrons. The van der Waals surface area contributed by atoms with Gasteiger partial charge < -0.3 is 34.6 Å². The number of methoxy groups -OCH3 is 2. The smallest absolute Gasteiger partial charge is 0.407 e. The monoisotopic (exact) mass is 887 g/mol. The second kappa shape index (κ2) is 15.8. The highest BCUT2D eigenvalue weighted by molar-refractivity contribution is 5.89. The van der Waals surface area contributed by atoms with E-state index in [2.05, 4.69) is 15.3 Å². The van der Waals surface area contributed by atoms with Crippen LogP contribution < -0.4 is 5.32 Å². The average molecular weight is 888 g/mol. The van der Waals surface area contributed by atoms with Gasteiger partial charge in [0.2, 0.25) is 11.8 Å². The van der Waals surface area contributed by atoms with Crippen molar-refractivity contribution >= 4 is 34.9 Å². The third-order valence-electron chi connectivity index (χ3n) is 15.1. The maximum absolute atomic E-state index is 16.7. The van der Waals surface area contributed by atoms with Crippen LogP contribution in [-0.2, 0) is 29.8 Å². The molecular formula is C50H55F2N7O6. The highest BCUT2D eigenvalue weighted by Gasteiger charge is 2.55. The lowest BCUT2D eigenvalue weighted by Crippen LogP contribution is -2.54. The van der Waals surface area contributed by atoms with Crippen LogP contribution in [0.15, 0.2) is 60.8 Å². The first-order chi connectivity index (χ1) is 31.1. The Bertz CT molecular complexity index is 2740. The molecule has 1 spiro atoms. The van der Waals surface area contributed by atoms with E-state index in [4.69, 9.17) is 19.4 Å². The van der Waals surface area contributed by atoms with Crippen molar-refractivity contribution in [2.24, 2.45) is 29.1 Å². The predicted molar refractivity (Wildman–Crippen MR) is 238 cm³/mol. The predicted octanol–water partition coefficient (Wildman–Crippen LogP) is 9.06. The average Bonchev–Trinajstić information content (AvgIpc) is 3.95. The molecule has 3 N–H and O–H groups in total. The lowest BCUT2D eigenvalue weighted by atomic mass is 9.90. The number of H-pyrrole nitrogens is 2. The molecule has 0 unspecified atom stereocenters. The van der Waals surface area contributed by atoms with Gasteiger partial charge in [0.15, 0.2) is 0 Å². The maximum Gasteiger partial charge on any atom is 0.407 e. The van der Waals surface area contributed by atoms with Crippen LogP contribution >= 0.6 is 0 Å². The molecule has 2 aromatic heterocycles. The Kier molecular flexibility index (Phi) is 10.4. The van der Waals surface area contributed by atoms with Gasteiger partial charge in [-0.1, -0.05) is 58.0 Å². The molecule has 2 aliphatic heterocycles. The van der Waals surface area contributed by atoms with Crippen LogP contribution in [0, 0.1) is 29.1 Å². The number of aromatic amines is 2. The Morgan fingerprint density at radius 2 is 1.54 bits per heavy atom. The summed E-state index contributed by atoms with van der Waals surface area (Å²) in [7, 11) is 2.61. The number of halogens is 2. The number of benzene rings is 3. The summed E-state index contributed by atoms with van der Waals surface area (Å²) in [4.78, 5) is 72.9. The summed E-state index contributed by atoms with van der Waals surface area (Å²) < 4.78 is 43.1. The number of amides is 3. The molecule has 2 bridgehead atoms. The minimum absolute atomic E-state index is 0.00439. The molecule has 65 heavy (non-hydrogen) atoms. The molecule has 4 heterocycles. The zero-order valence-corrected chi connectivity index (χ0v) is 37.5. The van der Waals surface area contributed by atoms with Crippen molar-refractivity contribution in [2.45, 2.75) is 103 Å². The highest BCUT2D eigenvalue weighted by atomic mass is 19.3. The van der Waals surface area contributed by atoms with Crippen LogP contribution in [0.5, 0.6) is 0 Å².